The normalized spacial score (nSPS) is 26.0. The van der Waals surface area contributed by atoms with Gasteiger partial charge in [0.1, 0.15) is 0 Å². The molecule has 0 spiro atoms. The Balaban J connectivity index is 1.55. The van der Waals surface area contributed by atoms with Crippen molar-refractivity contribution >= 4 is 5.91 Å². The highest BCUT2D eigenvalue weighted by atomic mass is 16.3. The van der Waals surface area contributed by atoms with Crippen molar-refractivity contribution in [3.8, 4) is 0 Å². The number of benzene rings is 1. The molecule has 4 heteroatoms. The van der Waals surface area contributed by atoms with Crippen LogP contribution in [0.2, 0.25) is 0 Å². The molecule has 24 heavy (non-hydrogen) atoms. The lowest BCUT2D eigenvalue weighted by molar-refractivity contribution is -0.143. The highest BCUT2D eigenvalue weighted by molar-refractivity contribution is 5.80. The van der Waals surface area contributed by atoms with Crippen LogP contribution in [0.3, 0.4) is 0 Å². The first-order chi connectivity index (χ1) is 11.7. The molecule has 2 saturated heterocycles. The fourth-order valence-electron chi connectivity index (χ4n) is 4.33. The molecular weight excluding hydrogens is 300 g/mol. The van der Waals surface area contributed by atoms with Gasteiger partial charge in [0.15, 0.2) is 0 Å². The summed E-state index contributed by atoms with van der Waals surface area (Å²) in [6, 6.07) is 10.5. The molecule has 132 valence electrons. The molecule has 0 saturated carbocycles. The summed E-state index contributed by atoms with van der Waals surface area (Å²) in [4.78, 5) is 17.4. The Hall–Kier alpha value is -1.39. The fraction of sp³-hybridized carbons (Fsp3) is 0.650. The minimum absolute atomic E-state index is 0.0993. The van der Waals surface area contributed by atoms with Crippen molar-refractivity contribution in [3.63, 3.8) is 0 Å². The molecule has 0 radical (unpaired) electrons. The number of carbonyl (C=O) groups is 1. The second-order valence-corrected chi connectivity index (χ2v) is 7.37. The number of carbonyl (C=O) groups excluding carboxylic acids is 1. The summed E-state index contributed by atoms with van der Waals surface area (Å²) in [5.41, 5.74) is 1.05. The van der Waals surface area contributed by atoms with Gasteiger partial charge < -0.3 is 10.0 Å². The first-order valence-corrected chi connectivity index (χ1v) is 9.37. The molecular formula is C20H30N2O2. The number of piperidine rings is 1. The van der Waals surface area contributed by atoms with E-state index in [1.807, 2.05) is 11.0 Å². The summed E-state index contributed by atoms with van der Waals surface area (Å²) >= 11 is 0. The van der Waals surface area contributed by atoms with E-state index in [1.54, 1.807) is 0 Å². The molecule has 2 heterocycles. The molecule has 2 fully saturated rings. The number of nitrogens with zero attached hydrogens (tertiary/aromatic N) is 2. The van der Waals surface area contributed by atoms with Crippen molar-refractivity contribution in [1.82, 2.24) is 9.80 Å². The molecule has 1 amide bonds. The van der Waals surface area contributed by atoms with E-state index in [1.165, 1.54) is 5.56 Å². The van der Waals surface area contributed by atoms with Crippen molar-refractivity contribution in [3.05, 3.63) is 35.9 Å². The van der Waals surface area contributed by atoms with Crippen molar-refractivity contribution in [1.29, 1.82) is 0 Å². The lowest BCUT2D eigenvalue weighted by Gasteiger charge is -2.40. The van der Waals surface area contributed by atoms with E-state index in [9.17, 15) is 9.90 Å². The van der Waals surface area contributed by atoms with E-state index in [-0.39, 0.29) is 24.0 Å². The molecule has 1 aromatic carbocycles. The Bertz CT molecular complexity index is 534. The average Bonchev–Trinajstić information content (AvgIpc) is 3.07. The fourth-order valence-corrected chi connectivity index (χ4v) is 4.33. The van der Waals surface area contributed by atoms with E-state index in [0.717, 1.165) is 58.3 Å². The van der Waals surface area contributed by atoms with Gasteiger partial charge in [0.05, 0.1) is 12.1 Å². The van der Waals surface area contributed by atoms with Crippen LogP contribution in [0.1, 0.15) is 44.6 Å². The van der Waals surface area contributed by atoms with Crippen LogP contribution in [0, 0.1) is 5.92 Å². The van der Waals surface area contributed by atoms with Crippen LogP contribution in [0.5, 0.6) is 0 Å². The topological polar surface area (TPSA) is 43.8 Å². The summed E-state index contributed by atoms with van der Waals surface area (Å²) < 4.78 is 0. The number of hydrogen-bond donors (Lipinski definition) is 1. The number of hydrogen-bond acceptors (Lipinski definition) is 3. The predicted molar refractivity (Wildman–Crippen MR) is 95.5 cm³/mol. The first-order valence-electron chi connectivity index (χ1n) is 9.37. The summed E-state index contributed by atoms with van der Waals surface area (Å²) in [6.07, 6.45) is 4.69. The molecule has 1 aromatic rings. The van der Waals surface area contributed by atoms with Gasteiger partial charge in [0.2, 0.25) is 5.91 Å². The Labute approximate surface area is 145 Å². The van der Waals surface area contributed by atoms with Crippen LogP contribution in [-0.2, 0) is 11.3 Å². The lowest BCUT2D eigenvalue weighted by atomic mass is 9.90. The van der Waals surface area contributed by atoms with E-state index in [2.05, 4.69) is 36.1 Å². The van der Waals surface area contributed by atoms with Crippen LogP contribution in [0.15, 0.2) is 30.3 Å². The highest BCUT2D eigenvalue weighted by Crippen LogP contribution is 2.35. The predicted octanol–water partition coefficient (Wildman–Crippen LogP) is 2.66. The number of aliphatic hydroxyl groups excluding tert-OH is 1. The monoisotopic (exact) mass is 330 g/mol. The van der Waals surface area contributed by atoms with Gasteiger partial charge in [-0.1, -0.05) is 37.3 Å². The number of aliphatic hydroxyl groups is 1. The van der Waals surface area contributed by atoms with Gasteiger partial charge in [0.25, 0.3) is 0 Å². The SMILES string of the molecule is CCC1(CO)CCCN1C(=O)C1CCN(Cc2ccccc2)CC1. The minimum atomic E-state index is -0.293. The summed E-state index contributed by atoms with van der Waals surface area (Å²) in [7, 11) is 0. The molecule has 1 unspecified atom stereocenters. The Kier molecular flexibility index (Phi) is 5.57. The molecule has 2 aliphatic rings. The maximum absolute atomic E-state index is 13.0. The Morgan fingerprint density at radius 1 is 1.21 bits per heavy atom. The first kappa shape index (κ1) is 17.4. The van der Waals surface area contributed by atoms with Gasteiger partial charge in [-0.25, -0.2) is 0 Å². The second kappa shape index (κ2) is 7.66. The standard InChI is InChI=1S/C20H30N2O2/c1-2-20(16-23)11-6-12-22(20)19(24)18-9-13-21(14-10-18)15-17-7-4-3-5-8-17/h3-5,7-8,18,23H,2,6,9-16H2,1H3. The third kappa shape index (κ3) is 3.50. The maximum Gasteiger partial charge on any atom is 0.226 e. The molecule has 0 aromatic heterocycles. The maximum atomic E-state index is 13.0. The molecule has 3 rings (SSSR count). The van der Waals surface area contributed by atoms with Crippen LogP contribution in [0.25, 0.3) is 0 Å². The molecule has 1 N–H and O–H groups in total. The van der Waals surface area contributed by atoms with E-state index in [0.29, 0.717) is 0 Å². The van der Waals surface area contributed by atoms with Crippen LogP contribution < -0.4 is 0 Å². The van der Waals surface area contributed by atoms with E-state index in [4.69, 9.17) is 0 Å². The van der Waals surface area contributed by atoms with Gasteiger partial charge in [-0.3, -0.25) is 9.69 Å². The largest absolute Gasteiger partial charge is 0.394 e. The molecule has 4 nitrogen and oxygen atoms in total. The van der Waals surface area contributed by atoms with Gasteiger partial charge in [-0.2, -0.15) is 0 Å². The van der Waals surface area contributed by atoms with E-state index < -0.39 is 0 Å². The second-order valence-electron chi connectivity index (χ2n) is 7.37. The summed E-state index contributed by atoms with van der Waals surface area (Å²) in [5.74, 6) is 0.412. The molecule has 0 bridgehead atoms. The van der Waals surface area contributed by atoms with Crippen LogP contribution in [-0.4, -0.2) is 52.6 Å². The molecule has 1 atom stereocenters. The van der Waals surface area contributed by atoms with Crippen LogP contribution in [0.4, 0.5) is 0 Å². The van der Waals surface area contributed by atoms with Crippen molar-refractivity contribution in [2.45, 2.75) is 51.1 Å². The zero-order valence-electron chi connectivity index (χ0n) is 14.8. The zero-order chi connectivity index (χ0) is 17.0. The Morgan fingerprint density at radius 2 is 1.92 bits per heavy atom. The highest BCUT2D eigenvalue weighted by Gasteiger charge is 2.43. The number of amides is 1. The van der Waals surface area contributed by atoms with Crippen molar-refractivity contribution in [2.24, 2.45) is 5.92 Å². The number of likely N-dealkylation sites (tertiary alicyclic amines) is 2. The molecule has 2 aliphatic heterocycles. The lowest BCUT2D eigenvalue weighted by Crippen LogP contribution is -2.52. The van der Waals surface area contributed by atoms with E-state index >= 15 is 0 Å². The smallest absolute Gasteiger partial charge is 0.226 e. The third-order valence-electron chi connectivity index (χ3n) is 6.00. The zero-order valence-corrected chi connectivity index (χ0v) is 14.8. The number of rotatable bonds is 5. The van der Waals surface area contributed by atoms with Gasteiger partial charge in [-0.05, 0) is 50.8 Å². The van der Waals surface area contributed by atoms with Crippen molar-refractivity contribution in [2.75, 3.05) is 26.2 Å². The van der Waals surface area contributed by atoms with Gasteiger partial charge in [-0.15, -0.1) is 0 Å². The average molecular weight is 330 g/mol. The van der Waals surface area contributed by atoms with Crippen molar-refractivity contribution < 1.29 is 9.90 Å². The third-order valence-corrected chi connectivity index (χ3v) is 6.00. The summed E-state index contributed by atoms with van der Waals surface area (Å²) in [6.45, 7) is 5.94. The Morgan fingerprint density at radius 3 is 2.54 bits per heavy atom. The van der Waals surface area contributed by atoms with Crippen LogP contribution >= 0.6 is 0 Å². The van der Waals surface area contributed by atoms with Gasteiger partial charge in [0, 0.05) is 19.0 Å². The summed E-state index contributed by atoms with van der Waals surface area (Å²) in [5, 5.41) is 9.84. The van der Waals surface area contributed by atoms with Gasteiger partial charge >= 0.3 is 0 Å². The molecule has 0 aliphatic carbocycles. The minimum Gasteiger partial charge on any atom is -0.394 e. The quantitative estimate of drug-likeness (QED) is 0.903.